The number of ether oxygens (including phenoxy) is 1. The van der Waals surface area contributed by atoms with Gasteiger partial charge in [0.25, 0.3) is 4.84 Å². The van der Waals surface area contributed by atoms with Crippen molar-refractivity contribution in [3.63, 3.8) is 0 Å². The topological polar surface area (TPSA) is 31.7 Å². The van der Waals surface area contributed by atoms with Crippen molar-refractivity contribution in [1.82, 2.24) is 4.57 Å². The highest BCUT2D eigenvalue weighted by atomic mass is 32.1. The highest BCUT2D eigenvalue weighted by Gasteiger charge is 2.26. The quantitative estimate of drug-likeness (QED) is 0.848. The number of hydrogen-bond donors (Lipinski definition) is 1. The van der Waals surface area contributed by atoms with Crippen LogP contribution in [0.2, 0.25) is 0 Å². The molecule has 0 amide bonds. The molecule has 1 aromatic carbocycles. The van der Waals surface area contributed by atoms with Gasteiger partial charge in [0.1, 0.15) is 25.3 Å². The van der Waals surface area contributed by atoms with Crippen LogP contribution in [0, 0.1) is 4.84 Å². The summed E-state index contributed by atoms with van der Waals surface area (Å²) < 4.78 is 13.5. The van der Waals surface area contributed by atoms with Gasteiger partial charge in [0.15, 0.2) is 12.3 Å². The largest absolute Gasteiger partial charge is 0.429 e. The van der Waals surface area contributed by atoms with E-state index in [1.807, 2.05) is 18.2 Å². The summed E-state index contributed by atoms with van der Waals surface area (Å²) >= 11 is 5.33. The van der Waals surface area contributed by atoms with Crippen molar-refractivity contribution in [1.29, 1.82) is 0 Å². The number of hydrogen-bond acceptors (Lipinski definition) is 3. The average Bonchev–Trinajstić information content (AvgIpc) is 2.65. The van der Waals surface area contributed by atoms with Gasteiger partial charge in [-0.1, -0.05) is 12.1 Å². The predicted molar refractivity (Wildman–Crippen MR) is 75.7 cm³/mol. The smallest absolute Gasteiger partial charge is 0.274 e. The monoisotopic (exact) mass is 279 g/mol. The summed E-state index contributed by atoms with van der Waals surface area (Å²) in [5, 5.41) is 0. The van der Waals surface area contributed by atoms with E-state index in [-0.39, 0.29) is 0 Å². The molecule has 1 aromatic heterocycles. The number of nitrogens with zero attached hydrogens (tertiary/aromatic N) is 1. The molecule has 2 heterocycles. The van der Waals surface area contributed by atoms with Crippen LogP contribution in [0.25, 0.3) is 11.1 Å². The van der Waals surface area contributed by atoms with E-state index in [4.69, 9.17) is 21.4 Å². The Morgan fingerprint density at radius 3 is 2.68 bits per heavy atom. The van der Waals surface area contributed by atoms with Crippen molar-refractivity contribution < 1.29 is 14.1 Å². The number of nitrogens with one attached hydrogen (secondary N) is 1. The van der Waals surface area contributed by atoms with E-state index >= 15 is 0 Å². The molecule has 1 N–H and O–H groups in total. The number of benzene rings is 1. The van der Waals surface area contributed by atoms with E-state index < -0.39 is 0 Å². The SMILES string of the molecule is C[C@@H]1C[NH+](Cn2c(=S)oc3ccccc32)C[C@@H](C)O1. The maximum atomic E-state index is 5.77. The van der Waals surface area contributed by atoms with Crippen LogP contribution in [0.5, 0.6) is 0 Å². The lowest BCUT2D eigenvalue weighted by molar-refractivity contribution is -0.936. The van der Waals surface area contributed by atoms with E-state index in [9.17, 15) is 0 Å². The van der Waals surface area contributed by atoms with Crippen LogP contribution in [0.3, 0.4) is 0 Å². The minimum absolute atomic E-state index is 0.297. The first-order valence-electron chi connectivity index (χ1n) is 6.71. The van der Waals surface area contributed by atoms with Gasteiger partial charge >= 0.3 is 0 Å². The third-order valence-corrected chi connectivity index (χ3v) is 3.88. The Morgan fingerprint density at radius 1 is 1.26 bits per heavy atom. The normalized spacial score (nSPS) is 27.8. The highest BCUT2D eigenvalue weighted by molar-refractivity contribution is 7.71. The van der Waals surface area contributed by atoms with Gasteiger partial charge in [-0.25, -0.2) is 0 Å². The minimum atomic E-state index is 0.297. The zero-order chi connectivity index (χ0) is 13.4. The molecular formula is C14H19N2O2S+. The Labute approximate surface area is 117 Å². The highest BCUT2D eigenvalue weighted by Crippen LogP contribution is 2.15. The second-order valence-electron chi connectivity index (χ2n) is 5.34. The molecule has 102 valence electrons. The number of para-hydroxylation sites is 2. The van der Waals surface area contributed by atoms with Gasteiger partial charge in [-0.2, -0.15) is 0 Å². The van der Waals surface area contributed by atoms with Gasteiger partial charge in [-0.3, -0.25) is 4.57 Å². The van der Waals surface area contributed by atoms with Crippen LogP contribution < -0.4 is 4.90 Å². The van der Waals surface area contributed by atoms with Gasteiger partial charge in [0.2, 0.25) is 0 Å². The summed E-state index contributed by atoms with van der Waals surface area (Å²) in [6, 6.07) is 8.00. The van der Waals surface area contributed by atoms with Crippen LogP contribution in [0.1, 0.15) is 13.8 Å². The Morgan fingerprint density at radius 2 is 1.95 bits per heavy atom. The number of morpholine rings is 1. The maximum absolute atomic E-state index is 5.77. The maximum Gasteiger partial charge on any atom is 0.274 e. The van der Waals surface area contributed by atoms with Gasteiger partial charge in [-0.15, -0.1) is 0 Å². The van der Waals surface area contributed by atoms with Crippen molar-refractivity contribution in [3.05, 3.63) is 29.1 Å². The molecule has 5 heteroatoms. The van der Waals surface area contributed by atoms with E-state index in [0.717, 1.165) is 30.9 Å². The van der Waals surface area contributed by atoms with Crippen LogP contribution in [-0.2, 0) is 11.4 Å². The lowest BCUT2D eigenvalue weighted by atomic mass is 10.2. The Balaban J connectivity index is 1.89. The fourth-order valence-corrected chi connectivity index (χ4v) is 3.16. The zero-order valence-electron chi connectivity index (χ0n) is 11.3. The first-order valence-corrected chi connectivity index (χ1v) is 7.11. The standard InChI is InChI=1S/C14H18N2O2S/c1-10-7-15(8-11(2)17-10)9-16-12-5-3-4-6-13(12)18-14(16)19/h3-6,10-11H,7-9H2,1-2H3/p+1/t10-,11-/m1/s1. The molecular weight excluding hydrogens is 260 g/mol. The molecule has 19 heavy (non-hydrogen) atoms. The molecule has 0 saturated carbocycles. The molecule has 3 rings (SSSR count). The summed E-state index contributed by atoms with van der Waals surface area (Å²) in [6.07, 6.45) is 0.595. The van der Waals surface area contributed by atoms with Crippen LogP contribution in [0.15, 0.2) is 28.7 Å². The average molecular weight is 279 g/mol. The molecule has 1 saturated heterocycles. The molecule has 0 spiro atoms. The van der Waals surface area contributed by atoms with E-state index in [0.29, 0.717) is 17.0 Å². The van der Waals surface area contributed by atoms with E-state index in [2.05, 4.69) is 24.5 Å². The van der Waals surface area contributed by atoms with Crippen LogP contribution in [-0.4, -0.2) is 29.9 Å². The second kappa shape index (κ2) is 5.07. The molecule has 1 aliphatic rings. The molecule has 0 unspecified atom stereocenters. The molecule has 1 fully saturated rings. The molecule has 4 nitrogen and oxygen atoms in total. The van der Waals surface area contributed by atoms with Gasteiger partial charge < -0.3 is 14.1 Å². The summed E-state index contributed by atoms with van der Waals surface area (Å²) in [7, 11) is 0. The lowest BCUT2D eigenvalue weighted by Gasteiger charge is -2.32. The molecule has 0 aliphatic carbocycles. The van der Waals surface area contributed by atoms with Crippen molar-refractivity contribution in [2.24, 2.45) is 0 Å². The Hall–Kier alpha value is -1.17. The number of fused-ring (bicyclic) bond motifs is 1. The van der Waals surface area contributed by atoms with Crippen molar-refractivity contribution >= 4 is 23.3 Å². The lowest BCUT2D eigenvalue weighted by Crippen LogP contribution is -3.14. The first kappa shape index (κ1) is 12.8. The fourth-order valence-electron chi connectivity index (χ4n) is 2.91. The van der Waals surface area contributed by atoms with Gasteiger partial charge in [-0.05, 0) is 38.2 Å². The Kier molecular flexibility index (Phi) is 3.43. The van der Waals surface area contributed by atoms with Gasteiger partial charge in [0, 0.05) is 0 Å². The number of oxazole rings is 1. The molecule has 1 aliphatic heterocycles. The van der Waals surface area contributed by atoms with Crippen LogP contribution >= 0.6 is 12.2 Å². The Bertz CT molecular complexity index is 624. The second-order valence-corrected chi connectivity index (χ2v) is 5.69. The number of aromatic nitrogens is 1. The molecule has 2 atom stereocenters. The summed E-state index contributed by atoms with van der Waals surface area (Å²) in [4.78, 5) is 2.04. The third kappa shape index (κ3) is 2.59. The molecule has 0 bridgehead atoms. The molecule has 0 radical (unpaired) electrons. The zero-order valence-corrected chi connectivity index (χ0v) is 12.1. The molecule has 2 aromatic rings. The summed E-state index contributed by atoms with van der Waals surface area (Å²) in [6.45, 7) is 7.11. The van der Waals surface area contributed by atoms with E-state index in [1.165, 1.54) is 4.90 Å². The first-order chi connectivity index (χ1) is 9.13. The fraction of sp³-hybridized carbons (Fsp3) is 0.500. The van der Waals surface area contributed by atoms with Crippen molar-refractivity contribution in [2.75, 3.05) is 13.1 Å². The summed E-state index contributed by atoms with van der Waals surface area (Å²) in [5.41, 5.74) is 1.94. The predicted octanol–water partition coefficient (Wildman–Crippen LogP) is 1.61. The van der Waals surface area contributed by atoms with Crippen molar-refractivity contribution in [2.45, 2.75) is 32.7 Å². The third-order valence-electron chi connectivity index (χ3n) is 3.57. The van der Waals surface area contributed by atoms with Crippen LogP contribution in [0.4, 0.5) is 0 Å². The van der Waals surface area contributed by atoms with Crippen molar-refractivity contribution in [3.8, 4) is 0 Å². The van der Waals surface area contributed by atoms with E-state index in [1.54, 1.807) is 0 Å². The summed E-state index contributed by atoms with van der Waals surface area (Å²) in [5.74, 6) is 0. The van der Waals surface area contributed by atoms with Gasteiger partial charge in [0.05, 0.1) is 5.52 Å². The minimum Gasteiger partial charge on any atom is -0.429 e. The number of rotatable bonds is 2. The number of quaternary nitrogens is 1.